The van der Waals surface area contributed by atoms with E-state index in [2.05, 4.69) is 15.3 Å². The van der Waals surface area contributed by atoms with Gasteiger partial charge in [0.2, 0.25) is 21.9 Å². The Morgan fingerprint density at radius 3 is 2.52 bits per heavy atom. The van der Waals surface area contributed by atoms with Crippen molar-refractivity contribution in [2.24, 2.45) is 0 Å². The van der Waals surface area contributed by atoms with E-state index in [1.54, 1.807) is 7.05 Å². The van der Waals surface area contributed by atoms with Crippen LogP contribution in [0.15, 0.2) is 17.3 Å². The van der Waals surface area contributed by atoms with Crippen molar-refractivity contribution in [1.29, 1.82) is 0 Å². The third kappa shape index (κ3) is 3.48. The maximum absolute atomic E-state index is 12.4. The Bertz CT molecular complexity index is 602. The summed E-state index contributed by atoms with van der Waals surface area (Å²) < 4.78 is 26.0. The molecule has 1 aromatic heterocycles. The van der Waals surface area contributed by atoms with Gasteiger partial charge in [-0.25, -0.2) is 18.4 Å². The first kappa shape index (κ1) is 15.6. The van der Waals surface area contributed by atoms with Gasteiger partial charge >= 0.3 is 0 Å². The smallest absolute Gasteiger partial charge is 0.246 e. The number of rotatable bonds is 5. The van der Waals surface area contributed by atoms with Gasteiger partial charge in [0.15, 0.2) is 0 Å². The van der Waals surface area contributed by atoms with E-state index in [-0.39, 0.29) is 23.9 Å². The minimum atomic E-state index is -3.72. The fourth-order valence-corrected chi connectivity index (χ4v) is 3.14. The highest BCUT2D eigenvalue weighted by Crippen LogP contribution is 2.16. The van der Waals surface area contributed by atoms with E-state index in [9.17, 15) is 13.2 Å². The van der Waals surface area contributed by atoms with Crippen LogP contribution in [0, 0.1) is 0 Å². The molecule has 0 bridgehead atoms. The molecule has 1 amide bonds. The van der Waals surface area contributed by atoms with Crippen LogP contribution in [0.5, 0.6) is 0 Å². The largest absolute Gasteiger partial charge is 0.354 e. The van der Waals surface area contributed by atoms with Gasteiger partial charge in [-0.3, -0.25) is 4.79 Å². The van der Waals surface area contributed by atoms with Crippen LogP contribution < -0.4 is 5.32 Å². The molecule has 1 N–H and O–H groups in total. The molecule has 0 unspecified atom stereocenters. The zero-order chi connectivity index (χ0) is 15.5. The quantitative estimate of drug-likeness (QED) is 0.806. The summed E-state index contributed by atoms with van der Waals surface area (Å²) in [6.45, 7) is 3.25. The number of nitrogens with zero attached hydrogens (tertiary/aromatic N) is 4. The van der Waals surface area contributed by atoms with E-state index in [0.717, 1.165) is 17.3 Å². The van der Waals surface area contributed by atoms with Crippen LogP contribution in [-0.4, -0.2) is 66.7 Å². The van der Waals surface area contributed by atoms with Crippen molar-refractivity contribution < 1.29 is 13.2 Å². The Morgan fingerprint density at radius 2 is 1.95 bits per heavy atom. The van der Waals surface area contributed by atoms with Crippen molar-refractivity contribution in [3.8, 4) is 0 Å². The Kier molecular flexibility index (Phi) is 4.73. The van der Waals surface area contributed by atoms with Crippen LogP contribution >= 0.6 is 0 Å². The number of sulfonamides is 1. The molecule has 0 aromatic carbocycles. The van der Waals surface area contributed by atoms with E-state index in [1.807, 2.05) is 6.92 Å². The van der Waals surface area contributed by atoms with Gasteiger partial charge in [0, 0.05) is 26.7 Å². The number of likely N-dealkylation sites (N-methyl/N-ethyl adjacent to an activating group) is 1. The van der Waals surface area contributed by atoms with E-state index < -0.39 is 10.0 Å². The predicted octanol–water partition coefficient (Wildman–Crippen LogP) is -0.239. The van der Waals surface area contributed by atoms with Gasteiger partial charge in [0.05, 0.1) is 18.9 Å². The molecular weight excluding hydrogens is 294 g/mol. The molecule has 0 radical (unpaired) electrons. The van der Waals surface area contributed by atoms with Crippen molar-refractivity contribution in [3.63, 3.8) is 0 Å². The molecular formula is C12H19N5O3S. The molecule has 21 heavy (non-hydrogen) atoms. The summed E-state index contributed by atoms with van der Waals surface area (Å²) in [5.74, 6) is 0.178. The maximum Gasteiger partial charge on any atom is 0.246 e. The first-order chi connectivity index (χ1) is 9.95. The van der Waals surface area contributed by atoms with Gasteiger partial charge in [0.1, 0.15) is 4.90 Å². The summed E-state index contributed by atoms with van der Waals surface area (Å²) in [5.41, 5.74) is 0. The molecule has 1 fully saturated rings. The van der Waals surface area contributed by atoms with Gasteiger partial charge in [-0.15, -0.1) is 0 Å². The van der Waals surface area contributed by atoms with E-state index >= 15 is 0 Å². The number of piperazine rings is 1. The first-order valence-electron chi connectivity index (χ1n) is 6.75. The summed E-state index contributed by atoms with van der Waals surface area (Å²) in [5, 5.41) is 2.97. The van der Waals surface area contributed by atoms with Crippen LogP contribution in [0.3, 0.4) is 0 Å². The van der Waals surface area contributed by atoms with Gasteiger partial charge in [-0.1, -0.05) is 6.92 Å². The SMILES string of the molecule is CCCNc1ncc(S(=O)(=O)N2CCN(C)C(=O)C2)cn1. The number of nitrogens with one attached hydrogen (secondary N) is 1. The number of carbonyl (C=O) groups is 1. The lowest BCUT2D eigenvalue weighted by atomic mass is 10.4. The van der Waals surface area contributed by atoms with Gasteiger partial charge in [-0.05, 0) is 6.42 Å². The predicted molar refractivity (Wildman–Crippen MR) is 77.2 cm³/mol. The van der Waals surface area contributed by atoms with Gasteiger partial charge in [0.25, 0.3) is 0 Å². The van der Waals surface area contributed by atoms with Gasteiger partial charge in [-0.2, -0.15) is 4.31 Å². The Morgan fingerprint density at radius 1 is 1.29 bits per heavy atom. The molecule has 8 nitrogen and oxygen atoms in total. The fourth-order valence-electron chi connectivity index (χ4n) is 1.87. The first-order valence-corrected chi connectivity index (χ1v) is 8.19. The average Bonchev–Trinajstić information content (AvgIpc) is 2.48. The summed E-state index contributed by atoms with van der Waals surface area (Å²) in [4.78, 5) is 21.1. The Balaban J connectivity index is 2.14. The molecule has 2 rings (SSSR count). The van der Waals surface area contributed by atoms with Crippen LogP contribution in [0.1, 0.15) is 13.3 Å². The second-order valence-corrected chi connectivity index (χ2v) is 6.76. The lowest BCUT2D eigenvalue weighted by Crippen LogP contribution is -2.50. The van der Waals surface area contributed by atoms with Crippen LogP contribution in [-0.2, 0) is 14.8 Å². The summed E-state index contributed by atoms with van der Waals surface area (Å²) in [6, 6.07) is 0. The lowest BCUT2D eigenvalue weighted by molar-refractivity contribution is -0.132. The van der Waals surface area contributed by atoms with Crippen molar-refractivity contribution in [2.45, 2.75) is 18.2 Å². The summed E-state index contributed by atoms with van der Waals surface area (Å²) >= 11 is 0. The molecule has 2 heterocycles. The van der Waals surface area contributed by atoms with Crippen molar-refractivity contribution in [2.75, 3.05) is 38.5 Å². The van der Waals surface area contributed by atoms with Crippen LogP contribution in [0.2, 0.25) is 0 Å². The van der Waals surface area contributed by atoms with Crippen LogP contribution in [0.25, 0.3) is 0 Å². The number of hydrogen-bond donors (Lipinski definition) is 1. The molecule has 1 aliphatic rings. The molecule has 0 spiro atoms. The highest BCUT2D eigenvalue weighted by Gasteiger charge is 2.31. The molecule has 0 atom stereocenters. The second kappa shape index (κ2) is 6.35. The Hall–Kier alpha value is -1.74. The molecule has 116 valence electrons. The number of hydrogen-bond acceptors (Lipinski definition) is 6. The lowest BCUT2D eigenvalue weighted by Gasteiger charge is -2.30. The van der Waals surface area contributed by atoms with Crippen LogP contribution in [0.4, 0.5) is 5.95 Å². The second-order valence-electron chi connectivity index (χ2n) is 4.82. The van der Waals surface area contributed by atoms with E-state index in [0.29, 0.717) is 12.5 Å². The zero-order valence-electron chi connectivity index (χ0n) is 12.1. The Labute approximate surface area is 124 Å². The minimum Gasteiger partial charge on any atom is -0.354 e. The molecule has 1 saturated heterocycles. The zero-order valence-corrected chi connectivity index (χ0v) is 12.9. The number of carbonyl (C=O) groups excluding carboxylic acids is 1. The van der Waals surface area contributed by atoms with Crippen molar-refractivity contribution in [3.05, 3.63) is 12.4 Å². The fraction of sp³-hybridized carbons (Fsp3) is 0.583. The molecule has 9 heteroatoms. The third-order valence-electron chi connectivity index (χ3n) is 3.22. The highest BCUT2D eigenvalue weighted by molar-refractivity contribution is 7.89. The summed E-state index contributed by atoms with van der Waals surface area (Å²) in [7, 11) is -2.07. The molecule has 0 saturated carbocycles. The standard InChI is InChI=1S/C12H19N5O3S/c1-3-4-13-12-14-7-10(8-15-12)21(19,20)17-6-5-16(2)11(18)9-17/h7-8H,3-6,9H2,1-2H3,(H,13,14,15). The topological polar surface area (TPSA) is 95.5 Å². The van der Waals surface area contributed by atoms with Gasteiger partial charge < -0.3 is 10.2 Å². The van der Waals surface area contributed by atoms with E-state index in [4.69, 9.17) is 0 Å². The third-order valence-corrected chi connectivity index (χ3v) is 5.02. The minimum absolute atomic E-state index is 0.00176. The maximum atomic E-state index is 12.4. The normalized spacial score (nSPS) is 17.0. The number of aromatic nitrogens is 2. The average molecular weight is 313 g/mol. The molecule has 1 aromatic rings. The monoisotopic (exact) mass is 313 g/mol. The van der Waals surface area contributed by atoms with Crippen molar-refractivity contribution in [1.82, 2.24) is 19.2 Å². The number of amides is 1. The number of anilines is 1. The molecule has 0 aliphatic carbocycles. The van der Waals surface area contributed by atoms with E-state index in [1.165, 1.54) is 17.3 Å². The molecule has 1 aliphatic heterocycles. The summed E-state index contributed by atoms with van der Waals surface area (Å²) in [6.07, 6.45) is 3.46. The highest BCUT2D eigenvalue weighted by atomic mass is 32.2. The van der Waals surface area contributed by atoms with Crippen molar-refractivity contribution >= 4 is 21.9 Å².